The second kappa shape index (κ2) is 9.31. The molecule has 4 nitrogen and oxygen atoms in total. The number of carbonyl (C=O) groups is 1. The first kappa shape index (κ1) is 25.9. The molecular formula is C22H46O4Si2. The maximum absolute atomic E-state index is 13.2. The zero-order valence-corrected chi connectivity index (χ0v) is 22.4. The lowest BCUT2D eigenvalue weighted by molar-refractivity contribution is -0.163. The van der Waals surface area contributed by atoms with E-state index in [1.165, 1.54) is 0 Å². The minimum atomic E-state index is -2.15. The number of hydrogen-bond acceptors (Lipinski definition) is 4. The van der Waals surface area contributed by atoms with Crippen LogP contribution < -0.4 is 0 Å². The number of cyclic esters (lactones) is 1. The second-order valence-corrected chi connectivity index (χ2v) is 21.1. The molecule has 0 amide bonds. The van der Waals surface area contributed by atoms with Crippen LogP contribution >= 0.6 is 0 Å². The van der Waals surface area contributed by atoms with Crippen LogP contribution in [0.3, 0.4) is 0 Å². The predicted octanol–water partition coefficient (Wildman–Crippen LogP) is 6.66. The van der Waals surface area contributed by atoms with Crippen molar-refractivity contribution in [2.24, 2.45) is 0 Å². The molecule has 1 saturated heterocycles. The lowest BCUT2D eigenvalue weighted by Crippen LogP contribution is -2.55. The van der Waals surface area contributed by atoms with E-state index in [9.17, 15) is 4.79 Å². The summed E-state index contributed by atoms with van der Waals surface area (Å²) in [6, 6.07) is 0. The summed E-state index contributed by atoms with van der Waals surface area (Å²) < 4.78 is 19.3. The molecule has 0 radical (unpaired) electrons. The molecule has 1 aliphatic heterocycles. The first-order valence-electron chi connectivity index (χ1n) is 11.0. The van der Waals surface area contributed by atoms with Crippen LogP contribution in [-0.2, 0) is 18.4 Å². The third-order valence-corrected chi connectivity index (χ3v) is 15.9. The summed E-state index contributed by atoms with van der Waals surface area (Å²) in [5, 5.41) is 0.108. The first-order valence-corrected chi connectivity index (χ1v) is 16.9. The Morgan fingerprint density at radius 1 is 0.821 bits per heavy atom. The molecule has 0 aromatic heterocycles. The fraction of sp³-hybridized carbons (Fsp3) is 0.955. The highest BCUT2D eigenvalue weighted by atomic mass is 28.4. The van der Waals surface area contributed by atoms with Gasteiger partial charge in [-0.05, 0) is 62.5 Å². The predicted molar refractivity (Wildman–Crippen MR) is 123 cm³/mol. The van der Waals surface area contributed by atoms with Gasteiger partial charge in [0, 0.05) is 0 Å². The van der Waals surface area contributed by atoms with E-state index in [0.717, 1.165) is 32.1 Å². The minimum Gasteiger partial charge on any atom is -0.461 e. The molecule has 0 N–H and O–H groups in total. The highest BCUT2D eigenvalue weighted by molar-refractivity contribution is 6.74. The van der Waals surface area contributed by atoms with Crippen LogP contribution in [0.5, 0.6) is 0 Å². The van der Waals surface area contributed by atoms with E-state index in [1.54, 1.807) is 0 Å². The van der Waals surface area contributed by atoms with Crippen LogP contribution in [-0.4, -0.2) is 40.9 Å². The van der Waals surface area contributed by atoms with Gasteiger partial charge in [-0.25, -0.2) is 4.79 Å². The van der Waals surface area contributed by atoms with Crippen LogP contribution in [0.25, 0.3) is 0 Å². The van der Waals surface area contributed by atoms with Crippen LogP contribution in [0, 0.1) is 0 Å². The van der Waals surface area contributed by atoms with Crippen molar-refractivity contribution in [3.05, 3.63) is 0 Å². The first-order chi connectivity index (χ1) is 12.5. The summed E-state index contributed by atoms with van der Waals surface area (Å²) >= 11 is 0. The monoisotopic (exact) mass is 430 g/mol. The molecule has 0 saturated carbocycles. The zero-order chi connectivity index (χ0) is 22.0. The maximum Gasteiger partial charge on any atom is 0.336 e. The van der Waals surface area contributed by atoms with Crippen molar-refractivity contribution in [3.63, 3.8) is 0 Å². The van der Waals surface area contributed by atoms with Gasteiger partial charge in [-0.15, -0.1) is 0 Å². The SMILES string of the molecule is C[C@@H]1CCCCC[C@H](O[Si](C)(C)C(C)(C)C)[C@H](O[Si](C)(C)C(C)(C)C)C(=O)O1. The van der Waals surface area contributed by atoms with Crippen molar-refractivity contribution in [2.45, 2.75) is 135 Å². The van der Waals surface area contributed by atoms with Crippen molar-refractivity contribution in [1.82, 2.24) is 0 Å². The number of ether oxygens (including phenoxy) is 1. The quantitative estimate of drug-likeness (QED) is 0.369. The zero-order valence-electron chi connectivity index (χ0n) is 20.4. The van der Waals surface area contributed by atoms with E-state index in [-0.39, 0.29) is 28.3 Å². The molecule has 28 heavy (non-hydrogen) atoms. The molecular weight excluding hydrogens is 384 g/mol. The van der Waals surface area contributed by atoms with E-state index >= 15 is 0 Å². The molecule has 0 aliphatic carbocycles. The molecule has 0 aromatic carbocycles. The standard InChI is InChI=1S/C22H46O4Si2/c1-17-15-13-12-14-16-18(25-27(8,9)21(2,3)4)19(20(23)24-17)26-28(10,11)22(5,6)7/h17-19H,12-16H2,1-11H3/t17-,18+,19+/m1/s1. The Balaban J connectivity index is 3.25. The van der Waals surface area contributed by atoms with Crippen molar-refractivity contribution >= 4 is 22.6 Å². The average Bonchev–Trinajstić information content (AvgIpc) is 2.48. The Morgan fingerprint density at radius 3 is 1.79 bits per heavy atom. The summed E-state index contributed by atoms with van der Waals surface area (Å²) in [6.07, 6.45) is 4.16. The topological polar surface area (TPSA) is 44.8 Å². The van der Waals surface area contributed by atoms with Crippen molar-refractivity contribution < 1.29 is 18.4 Å². The lowest BCUT2D eigenvalue weighted by Gasteiger charge is -2.44. The molecule has 1 rings (SSSR count). The van der Waals surface area contributed by atoms with Gasteiger partial charge in [0.1, 0.15) is 0 Å². The number of hydrogen-bond donors (Lipinski definition) is 0. The molecule has 0 aromatic rings. The third-order valence-electron chi connectivity index (χ3n) is 6.97. The molecule has 1 fully saturated rings. The maximum atomic E-state index is 13.2. The van der Waals surface area contributed by atoms with Gasteiger partial charge in [0.2, 0.25) is 0 Å². The number of esters is 1. The van der Waals surface area contributed by atoms with Gasteiger partial charge >= 0.3 is 5.97 Å². The van der Waals surface area contributed by atoms with E-state index in [2.05, 4.69) is 67.7 Å². The van der Waals surface area contributed by atoms with Crippen LogP contribution in [0.2, 0.25) is 36.3 Å². The molecule has 0 spiro atoms. The fourth-order valence-corrected chi connectivity index (χ4v) is 5.46. The molecule has 0 bridgehead atoms. The average molecular weight is 431 g/mol. The van der Waals surface area contributed by atoms with Crippen molar-refractivity contribution in [3.8, 4) is 0 Å². The Morgan fingerprint density at radius 2 is 1.29 bits per heavy atom. The smallest absolute Gasteiger partial charge is 0.336 e. The Labute approximate surface area is 176 Å². The molecule has 1 aliphatic rings. The molecule has 3 atom stereocenters. The van der Waals surface area contributed by atoms with Gasteiger partial charge in [0.05, 0.1) is 12.2 Å². The molecule has 1 heterocycles. The van der Waals surface area contributed by atoms with Crippen molar-refractivity contribution in [1.29, 1.82) is 0 Å². The van der Waals surface area contributed by atoms with Gasteiger partial charge in [0.25, 0.3) is 0 Å². The molecule has 6 heteroatoms. The minimum absolute atomic E-state index is 0.0235. The van der Waals surface area contributed by atoms with E-state index < -0.39 is 22.7 Å². The van der Waals surface area contributed by atoms with E-state index in [4.69, 9.17) is 13.6 Å². The summed E-state index contributed by atoms with van der Waals surface area (Å²) in [4.78, 5) is 13.2. The van der Waals surface area contributed by atoms with E-state index in [0.29, 0.717) is 0 Å². The third kappa shape index (κ3) is 6.96. The van der Waals surface area contributed by atoms with Gasteiger partial charge in [-0.1, -0.05) is 54.4 Å². The molecule has 0 unspecified atom stereocenters. The van der Waals surface area contributed by atoms with Crippen LogP contribution in [0.4, 0.5) is 0 Å². The largest absolute Gasteiger partial charge is 0.461 e. The lowest BCUT2D eigenvalue weighted by atomic mass is 10.0. The summed E-state index contributed by atoms with van der Waals surface area (Å²) in [7, 11) is -4.19. The Kier molecular flexibility index (Phi) is 8.60. The Bertz CT molecular complexity index is 518. The highest BCUT2D eigenvalue weighted by Gasteiger charge is 2.47. The Hall–Kier alpha value is -0.176. The van der Waals surface area contributed by atoms with Gasteiger partial charge < -0.3 is 13.6 Å². The second-order valence-electron chi connectivity index (χ2n) is 11.6. The number of rotatable bonds is 4. The van der Waals surface area contributed by atoms with Crippen molar-refractivity contribution in [2.75, 3.05) is 0 Å². The normalized spacial score (nSPS) is 26.7. The van der Waals surface area contributed by atoms with Crippen LogP contribution in [0.1, 0.15) is 80.6 Å². The van der Waals surface area contributed by atoms with E-state index in [1.807, 2.05) is 6.92 Å². The van der Waals surface area contributed by atoms with Crippen LogP contribution in [0.15, 0.2) is 0 Å². The number of carbonyl (C=O) groups excluding carboxylic acids is 1. The molecule has 166 valence electrons. The van der Waals surface area contributed by atoms with Gasteiger partial charge in [-0.2, -0.15) is 0 Å². The summed E-state index contributed by atoms with van der Waals surface area (Å²) in [5.41, 5.74) is 0. The van der Waals surface area contributed by atoms with Gasteiger partial charge in [0.15, 0.2) is 22.7 Å². The fourth-order valence-electron chi connectivity index (χ4n) is 2.88. The summed E-state index contributed by atoms with van der Waals surface area (Å²) in [5.74, 6) is -0.233. The highest BCUT2D eigenvalue weighted by Crippen LogP contribution is 2.41. The van der Waals surface area contributed by atoms with Gasteiger partial charge in [-0.3, -0.25) is 0 Å². The summed E-state index contributed by atoms with van der Waals surface area (Å²) in [6.45, 7) is 24.2.